The van der Waals surface area contributed by atoms with Crippen molar-refractivity contribution < 1.29 is 114 Å². The molecule has 2 aliphatic heterocycles. The normalized spacial score (nSPS) is 15.1. The largest absolute Gasteiger partial charge is 0.460 e. The lowest BCUT2D eigenvalue weighted by molar-refractivity contribution is -0.441. The van der Waals surface area contributed by atoms with Gasteiger partial charge in [0, 0.05) is 22.2 Å². The van der Waals surface area contributed by atoms with Crippen molar-refractivity contribution in [1.29, 1.82) is 0 Å². The van der Waals surface area contributed by atoms with E-state index in [1.165, 1.54) is 12.1 Å². The van der Waals surface area contributed by atoms with Gasteiger partial charge in [0.15, 0.2) is 0 Å². The van der Waals surface area contributed by atoms with Gasteiger partial charge in [-0.15, -0.1) is 0 Å². The Morgan fingerprint density at radius 1 is 0.270 bits per heavy atom. The van der Waals surface area contributed by atoms with Crippen LogP contribution >= 0.6 is 0 Å². The van der Waals surface area contributed by atoms with Crippen LogP contribution in [-0.4, -0.2) is 79.7 Å². The molecule has 0 atom stereocenters. The number of rotatable bonds is 12. The number of benzene rings is 2. The average Bonchev–Trinajstić information content (AvgIpc) is 4.14. The molecule has 0 aliphatic carbocycles. The van der Waals surface area contributed by atoms with E-state index < -0.39 is 139 Å². The summed E-state index contributed by atoms with van der Waals surface area (Å²) < 4.78 is 382. The first kappa shape index (κ1) is 55.0. The Morgan fingerprint density at radius 2 is 0.541 bits per heavy atom. The molecule has 0 saturated carbocycles. The highest BCUT2D eigenvalue weighted by Crippen LogP contribution is 2.65. The zero-order valence-electron chi connectivity index (χ0n) is 35.1. The van der Waals surface area contributed by atoms with Crippen LogP contribution in [0.3, 0.4) is 0 Å². The molecule has 5 aromatic rings. The molecule has 2 aromatic carbocycles. The fourth-order valence-corrected chi connectivity index (χ4v) is 7.54. The van der Waals surface area contributed by atoms with Crippen LogP contribution in [0.4, 0.5) is 114 Å². The average molecular weight is 1100 g/mol. The van der Waals surface area contributed by atoms with Crippen LogP contribution in [0.5, 0.6) is 0 Å². The summed E-state index contributed by atoms with van der Waals surface area (Å²) in [5.41, 5.74) is -18.2. The molecule has 5 heterocycles. The van der Waals surface area contributed by atoms with Crippen molar-refractivity contribution in [1.82, 2.24) is 19.9 Å². The van der Waals surface area contributed by atoms with E-state index in [0.717, 1.165) is 48.5 Å². The Morgan fingerprint density at radius 3 is 0.851 bits per heavy atom. The van der Waals surface area contributed by atoms with Gasteiger partial charge in [0.2, 0.25) is 0 Å². The second-order valence-electron chi connectivity index (χ2n) is 16.0. The Hall–Kier alpha value is -6.78. The van der Waals surface area contributed by atoms with Gasteiger partial charge in [-0.2, -0.15) is 114 Å². The first-order valence-electron chi connectivity index (χ1n) is 19.8. The molecule has 8 bridgehead atoms. The number of nitrogens with one attached hydrogen (secondary N) is 2. The van der Waals surface area contributed by atoms with Crippen molar-refractivity contribution in [2.75, 3.05) is 0 Å². The van der Waals surface area contributed by atoms with Crippen molar-refractivity contribution in [3.63, 3.8) is 0 Å². The van der Waals surface area contributed by atoms with Crippen LogP contribution in [0, 0.1) is 0 Å². The molecule has 2 N–H and O–H groups in total. The van der Waals surface area contributed by atoms with Crippen LogP contribution in [0.25, 0.3) is 68.6 Å². The van der Waals surface area contributed by atoms with Crippen molar-refractivity contribution in [3.8, 4) is 22.3 Å². The van der Waals surface area contributed by atoms with Crippen molar-refractivity contribution >= 4 is 46.4 Å². The summed E-state index contributed by atoms with van der Waals surface area (Å²) in [6.45, 7) is 0. The highest BCUT2D eigenvalue weighted by molar-refractivity contribution is 5.94. The number of hydrogen-bond donors (Lipinski definition) is 2. The summed E-state index contributed by atoms with van der Waals surface area (Å²) in [6.07, 6.45) is -14.3. The first-order valence-corrected chi connectivity index (χ1v) is 19.8. The third kappa shape index (κ3) is 7.67. The number of fused-ring (bicyclic) bond motifs is 8. The fraction of sp³-hybridized carbons (Fsp3) is 0.273. The number of H-pyrrole nitrogens is 2. The molecule has 0 spiro atoms. The van der Waals surface area contributed by atoms with Crippen LogP contribution in [-0.2, 0) is 11.8 Å². The van der Waals surface area contributed by atoms with E-state index in [9.17, 15) is 61.5 Å². The van der Waals surface area contributed by atoms with E-state index in [0.29, 0.717) is 24.3 Å². The van der Waals surface area contributed by atoms with Gasteiger partial charge in [-0.3, -0.25) is 0 Å². The Bertz CT molecular complexity index is 3080. The molecule has 74 heavy (non-hydrogen) atoms. The van der Waals surface area contributed by atoms with Crippen molar-refractivity contribution in [3.05, 3.63) is 119 Å². The molecular weight excluding hydrogens is 1080 g/mol. The predicted octanol–water partition coefficient (Wildman–Crippen LogP) is 16.4. The van der Waals surface area contributed by atoms with Crippen LogP contribution in [0.15, 0.2) is 84.9 Å². The van der Waals surface area contributed by atoms with Crippen LogP contribution < -0.4 is 0 Å². The van der Waals surface area contributed by atoms with E-state index in [4.69, 9.17) is 0 Å². The number of aromatic amines is 2. The van der Waals surface area contributed by atoms with E-state index in [1.54, 1.807) is 0 Å². The highest BCUT2D eigenvalue weighted by atomic mass is 19.4. The van der Waals surface area contributed by atoms with Gasteiger partial charge in [-0.25, -0.2) is 9.97 Å². The lowest BCUT2D eigenvalue weighted by atomic mass is 9.89. The maximum absolute atomic E-state index is 16.6. The second-order valence-corrected chi connectivity index (χ2v) is 16.0. The van der Waals surface area contributed by atoms with Gasteiger partial charge in [-0.1, -0.05) is 60.7 Å². The maximum atomic E-state index is 16.6. The molecule has 0 amide bonds. The molecule has 0 fully saturated rings. The molecule has 0 unspecified atom stereocenters. The zero-order chi connectivity index (χ0) is 55.6. The summed E-state index contributed by atoms with van der Waals surface area (Å²) in [7, 11) is 0. The summed E-state index contributed by atoms with van der Waals surface area (Å²) in [6, 6.07) is 12.4. The van der Waals surface area contributed by atoms with Crippen LogP contribution in [0.1, 0.15) is 33.9 Å². The van der Waals surface area contributed by atoms with Gasteiger partial charge < -0.3 is 9.97 Å². The third-order valence-corrected chi connectivity index (χ3v) is 11.4. The fourth-order valence-electron chi connectivity index (χ4n) is 7.54. The molecule has 7 rings (SSSR count). The van der Waals surface area contributed by atoms with Crippen LogP contribution in [0.2, 0.25) is 0 Å². The maximum Gasteiger partial charge on any atom is 0.460 e. The van der Waals surface area contributed by atoms with Crippen molar-refractivity contribution in [2.24, 2.45) is 0 Å². The number of halogens is 26. The molecule has 4 nitrogen and oxygen atoms in total. The van der Waals surface area contributed by atoms with E-state index in [-0.39, 0.29) is 35.4 Å². The lowest BCUT2D eigenvalue weighted by Crippen LogP contribution is -2.69. The Labute approximate surface area is 393 Å². The number of aromatic nitrogens is 4. The van der Waals surface area contributed by atoms with Gasteiger partial charge >= 0.3 is 71.6 Å². The minimum absolute atomic E-state index is 0.179. The van der Waals surface area contributed by atoms with Gasteiger partial charge in [0.05, 0.1) is 44.9 Å². The highest BCUT2D eigenvalue weighted by Gasteiger charge is 2.92. The molecule has 398 valence electrons. The predicted molar refractivity (Wildman–Crippen MR) is 209 cm³/mol. The molecule has 0 saturated heterocycles. The number of hydrogen-bond acceptors (Lipinski definition) is 2. The lowest BCUT2D eigenvalue weighted by Gasteiger charge is -2.40. The second kappa shape index (κ2) is 16.9. The molecule has 2 aliphatic rings. The van der Waals surface area contributed by atoms with Gasteiger partial charge in [0.25, 0.3) is 0 Å². The van der Waals surface area contributed by atoms with E-state index in [2.05, 4.69) is 9.97 Å². The third-order valence-electron chi connectivity index (χ3n) is 11.4. The molecule has 0 radical (unpaired) electrons. The first-order chi connectivity index (χ1) is 33.6. The summed E-state index contributed by atoms with van der Waals surface area (Å²) in [4.78, 5) is 11.1. The minimum Gasteiger partial charge on any atom is -0.354 e. The van der Waals surface area contributed by atoms with E-state index >= 15 is 52.7 Å². The monoisotopic (exact) mass is 1100 g/mol. The molecule has 30 heteroatoms. The SMILES string of the molecule is FC(F)(F)C(F)(F)C(F)(F)C(F)(F)C(F)(F)C(F)(F)c1c2nc(c(-c3ccccc3)c3ccc([nH]3)c(C(F)(F)C(F)(F)C(F)(F)C(F)(F)C(F)(F)C(F)(F)F)c3ccc([nH]3)c(-c3ccccc3)c3nc1C=C3)C=C2. The summed E-state index contributed by atoms with van der Waals surface area (Å²) >= 11 is 0. The van der Waals surface area contributed by atoms with Gasteiger partial charge in [-0.05, 0) is 59.7 Å². The number of nitrogens with zero attached hydrogens (tertiary/aromatic N) is 2. The zero-order valence-corrected chi connectivity index (χ0v) is 35.1. The van der Waals surface area contributed by atoms with Gasteiger partial charge in [0.1, 0.15) is 0 Å². The summed E-state index contributed by atoms with van der Waals surface area (Å²) in [5, 5.41) is 0. The Balaban J connectivity index is 1.67. The topological polar surface area (TPSA) is 57.4 Å². The smallest absolute Gasteiger partial charge is 0.354 e. The Kier molecular flexibility index (Phi) is 12.5. The van der Waals surface area contributed by atoms with E-state index in [1.807, 2.05) is 9.97 Å². The molecule has 3 aromatic heterocycles. The standard InChI is InChI=1S/C44H20F26N4/c45-33(46,35(49,50)37(53,54)39(57,58)41(61,62)43(65,66)67)31-25-15-11-21(71-25)29(19-7-3-1-4-8-19)22-12-16-26(72-22)32(34(47,48)36(51,52)38(55,56)40(59,60)42(63,64)44(68,69)70)28-18-14-24(74-28)30(20-9-5-2-6-10-20)23-13-17-27(31)73-23/h1-18,71,73H. The number of alkyl halides is 26. The van der Waals surface area contributed by atoms with Crippen molar-refractivity contribution in [2.45, 2.75) is 71.6 Å². The summed E-state index contributed by atoms with van der Waals surface area (Å²) in [5.74, 6) is -79.8. The quantitative estimate of drug-likeness (QED) is 0.120. The minimum atomic E-state index is -8.38. The molecular formula is C44H20F26N4.